The van der Waals surface area contributed by atoms with Gasteiger partial charge in [0.2, 0.25) is 0 Å². The van der Waals surface area contributed by atoms with E-state index in [9.17, 15) is 13.6 Å². The molecule has 0 bridgehead atoms. The molecule has 0 atom stereocenters. The van der Waals surface area contributed by atoms with Crippen LogP contribution in [0, 0.1) is 6.92 Å². The predicted molar refractivity (Wildman–Crippen MR) is 126 cm³/mol. The Labute approximate surface area is 192 Å². The molecule has 4 aromatic rings. The Balaban J connectivity index is 1.40. The second-order valence-electron chi connectivity index (χ2n) is 6.92. The Bertz CT molecular complexity index is 1230. The number of carbonyl (C=O) groups excluding carboxylic acids is 1. The summed E-state index contributed by atoms with van der Waals surface area (Å²) in [4.78, 5) is 21.1. The van der Waals surface area contributed by atoms with Crippen molar-refractivity contribution >= 4 is 39.6 Å². The number of aryl methyl sites for hydroxylation is 1. The number of alkyl halides is 2. The van der Waals surface area contributed by atoms with Crippen LogP contribution in [0.3, 0.4) is 0 Å². The minimum atomic E-state index is -2.90. The molecule has 0 aliphatic rings. The van der Waals surface area contributed by atoms with Crippen LogP contribution >= 0.6 is 11.3 Å². The molecule has 0 saturated heterocycles. The maximum Gasteiger partial charge on any atom is 0.387 e. The molecule has 0 fully saturated rings. The third-order valence-electron chi connectivity index (χ3n) is 4.54. The van der Waals surface area contributed by atoms with Crippen LogP contribution in [0.2, 0.25) is 0 Å². The number of carbonyl (C=O) groups is 1. The predicted octanol–water partition coefficient (Wildman–Crippen LogP) is 6.50. The molecule has 2 aromatic carbocycles. The lowest BCUT2D eigenvalue weighted by Crippen LogP contribution is -2.19. The molecule has 2 aromatic heterocycles. The minimum absolute atomic E-state index is 0.0130. The van der Waals surface area contributed by atoms with Crippen molar-refractivity contribution in [3.05, 3.63) is 77.9 Å². The quantitative estimate of drug-likeness (QED) is 0.289. The van der Waals surface area contributed by atoms with E-state index in [2.05, 4.69) is 30.7 Å². The number of hydrogen-bond donors (Lipinski definition) is 3. The van der Waals surface area contributed by atoms with Gasteiger partial charge in [-0.05, 0) is 61.0 Å². The molecular weight excluding hydrogens is 448 g/mol. The van der Waals surface area contributed by atoms with Crippen molar-refractivity contribution in [3.63, 3.8) is 0 Å². The van der Waals surface area contributed by atoms with Crippen molar-refractivity contribution in [3.8, 4) is 17.0 Å². The van der Waals surface area contributed by atoms with Crippen molar-refractivity contribution in [2.24, 2.45) is 0 Å². The number of nitrogens with one attached hydrogen (secondary N) is 3. The Morgan fingerprint density at radius 1 is 1.06 bits per heavy atom. The molecular formula is C23H19F2N5O2S. The lowest BCUT2D eigenvalue weighted by molar-refractivity contribution is -0.0498. The molecule has 4 rings (SSSR count). The molecule has 2 amide bonds. The van der Waals surface area contributed by atoms with Gasteiger partial charge in [-0.3, -0.25) is 4.98 Å². The van der Waals surface area contributed by atoms with Gasteiger partial charge in [0.25, 0.3) is 0 Å². The van der Waals surface area contributed by atoms with Gasteiger partial charge in [-0.2, -0.15) is 8.78 Å². The fourth-order valence-electron chi connectivity index (χ4n) is 2.94. The standard InChI is InChI=1S/C23H19F2N5O2S/c1-14-4-5-17(28-22(31)27-16-6-8-18(9-7-16)32-21(24)25)11-19(14)29-23-30-20(13-33-23)15-3-2-10-26-12-15/h2-13,21H,1H3,(H,29,30)(H2,27,28,31). The Morgan fingerprint density at radius 2 is 1.82 bits per heavy atom. The monoisotopic (exact) mass is 467 g/mol. The van der Waals surface area contributed by atoms with E-state index in [0.29, 0.717) is 16.5 Å². The van der Waals surface area contributed by atoms with Gasteiger partial charge in [0, 0.05) is 40.4 Å². The molecule has 0 unspecified atom stereocenters. The van der Waals surface area contributed by atoms with E-state index < -0.39 is 12.6 Å². The highest BCUT2D eigenvalue weighted by Crippen LogP contribution is 2.29. The van der Waals surface area contributed by atoms with Crippen LogP contribution in [0.4, 0.5) is 35.8 Å². The number of benzene rings is 2. The fraction of sp³-hybridized carbons (Fsp3) is 0.0870. The summed E-state index contributed by atoms with van der Waals surface area (Å²) in [5, 5.41) is 11.3. The van der Waals surface area contributed by atoms with Crippen LogP contribution in [-0.2, 0) is 0 Å². The lowest BCUT2D eigenvalue weighted by Gasteiger charge is -2.12. The second kappa shape index (κ2) is 10.0. The highest BCUT2D eigenvalue weighted by atomic mass is 32.1. The van der Waals surface area contributed by atoms with Crippen LogP contribution in [-0.4, -0.2) is 22.6 Å². The topological polar surface area (TPSA) is 88.2 Å². The summed E-state index contributed by atoms with van der Waals surface area (Å²) in [6.45, 7) is -0.951. The maximum atomic E-state index is 12.3. The highest BCUT2D eigenvalue weighted by Gasteiger charge is 2.09. The Hall–Kier alpha value is -4.05. The van der Waals surface area contributed by atoms with Gasteiger partial charge < -0.3 is 20.7 Å². The summed E-state index contributed by atoms with van der Waals surface area (Å²) >= 11 is 1.47. The molecule has 0 aliphatic heterocycles. The van der Waals surface area contributed by atoms with Crippen LogP contribution in [0.1, 0.15) is 5.56 Å². The van der Waals surface area contributed by atoms with E-state index in [0.717, 1.165) is 22.5 Å². The first-order valence-corrected chi connectivity index (χ1v) is 10.7. The molecule has 168 valence electrons. The van der Waals surface area contributed by atoms with Gasteiger partial charge in [0.1, 0.15) is 5.75 Å². The summed E-state index contributed by atoms with van der Waals surface area (Å²) in [5.74, 6) is 0.0130. The van der Waals surface area contributed by atoms with Crippen molar-refractivity contribution in [2.75, 3.05) is 16.0 Å². The van der Waals surface area contributed by atoms with E-state index in [4.69, 9.17) is 0 Å². The highest BCUT2D eigenvalue weighted by molar-refractivity contribution is 7.14. The Morgan fingerprint density at radius 3 is 2.55 bits per heavy atom. The number of halogens is 2. The summed E-state index contributed by atoms with van der Waals surface area (Å²) in [6.07, 6.45) is 3.47. The summed E-state index contributed by atoms with van der Waals surface area (Å²) in [6, 6.07) is 14.4. The summed E-state index contributed by atoms with van der Waals surface area (Å²) in [7, 11) is 0. The first-order chi connectivity index (χ1) is 16.0. The molecule has 3 N–H and O–H groups in total. The molecule has 33 heavy (non-hydrogen) atoms. The average Bonchev–Trinajstić information content (AvgIpc) is 3.26. The molecule has 2 heterocycles. The van der Waals surface area contributed by atoms with E-state index in [1.807, 2.05) is 30.5 Å². The third-order valence-corrected chi connectivity index (χ3v) is 5.29. The number of anilines is 4. The number of urea groups is 1. The van der Waals surface area contributed by atoms with Crippen molar-refractivity contribution < 1.29 is 18.3 Å². The number of nitrogens with zero attached hydrogens (tertiary/aromatic N) is 2. The number of pyridine rings is 1. The maximum absolute atomic E-state index is 12.3. The number of rotatable bonds is 7. The first-order valence-electron chi connectivity index (χ1n) is 9.83. The molecule has 7 nitrogen and oxygen atoms in total. The van der Waals surface area contributed by atoms with Crippen molar-refractivity contribution in [2.45, 2.75) is 13.5 Å². The van der Waals surface area contributed by atoms with Gasteiger partial charge in [0.05, 0.1) is 5.69 Å². The number of hydrogen-bond acceptors (Lipinski definition) is 6. The number of ether oxygens (including phenoxy) is 1. The SMILES string of the molecule is Cc1ccc(NC(=O)Nc2ccc(OC(F)F)cc2)cc1Nc1nc(-c2cccnc2)cs1. The fourth-order valence-corrected chi connectivity index (χ4v) is 3.67. The van der Waals surface area contributed by atoms with Gasteiger partial charge in [-0.25, -0.2) is 9.78 Å². The smallest absolute Gasteiger partial charge is 0.387 e. The van der Waals surface area contributed by atoms with Gasteiger partial charge in [-0.1, -0.05) is 6.07 Å². The van der Waals surface area contributed by atoms with Gasteiger partial charge >= 0.3 is 12.6 Å². The molecule has 0 saturated carbocycles. The molecule has 10 heteroatoms. The zero-order valence-corrected chi connectivity index (χ0v) is 18.2. The zero-order chi connectivity index (χ0) is 23.2. The Kier molecular flexibility index (Phi) is 6.75. The minimum Gasteiger partial charge on any atom is -0.435 e. The van der Waals surface area contributed by atoms with Crippen LogP contribution in [0.5, 0.6) is 5.75 Å². The first kappa shape index (κ1) is 22.2. The van der Waals surface area contributed by atoms with Crippen molar-refractivity contribution in [1.82, 2.24) is 9.97 Å². The van der Waals surface area contributed by atoms with Crippen LogP contribution in [0.25, 0.3) is 11.3 Å². The normalized spacial score (nSPS) is 10.7. The second-order valence-corrected chi connectivity index (χ2v) is 7.77. The number of amides is 2. The zero-order valence-electron chi connectivity index (χ0n) is 17.4. The van der Waals surface area contributed by atoms with E-state index in [-0.39, 0.29) is 5.75 Å². The summed E-state index contributed by atoms with van der Waals surface area (Å²) < 4.78 is 28.8. The van der Waals surface area contributed by atoms with Crippen molar-refractivity contribution in [1.29, 1.82) is 0 Å². The average molecular weight is 468 g/mol. The number of thiazole rings is 1. The third kappa shape index (κ3) is 6.01. The van der Waals surface area contributed by atoms with E-state index in [1.54, 1.807) is 24.5 Å². The van der Waals surface area contributed by atoms with Crippen LogP contribution in [0.15, 0.2) is 72.4 Å². The lowest BCUT2D eigenvalue weighted by atomic mass is 10.2. The molecule has 0 radical (unpaired) electrons. The van der Waals surface area contributed by atoms with Gasteiger partial charge in [-0.15, -0.1) is 11.3 Å². The van der Waals surface area contributed by atoms with E-state index in [1.165, 1.54) is 35.6 Å². The molecule has 0 aliphatic carbocycles. The largest absolute Gasteiger partial charge is 0.435 e. The number of aromatic nitrogens is 2. The molecule has 0 spiro atoms. The van der Waals surface area contributed by atoms with Crippen LogP contribution < -0.4 is 20.7 Å². The van der Waals surface area contributed by atoms with E-state index >= 15 is 0 Å². The summed E-state index contributed by atoms with van der Waals surface area (Å²) in [5.41, 5.74) is 4.54. The van der Waals surface area contributed by atoms with Gasteiger partial charge in [0.15, 0.2) is 5.13 Å².